The third-order valence-electron chi connectivity index (χ3n) is 3.15. The number of hydrogen-bond acceptors (Lipinski definition) is 3. The fraction of sp³-hybridized carbons (Fsp3) is 0.143. The standard InChI is InChI=1S/C14H11Cl2NO2S2/c15-10-5-6-12-13(9-10)20-8-7-17(12)21(18,19)14-4-2-1-3-11(14)16/h1-6,9H,7-8H2. The highest BCUT2D eigenvalue weighted by atomic mass is 35.5. The zero-order valence-electron chi connectivity index (χ0n) is 10.8. The Bertz CT molecular complexity index is 793. The molecule has 7 heteroatoms. The largest absolute Gasteiger partial charge is 0.265 e. The summed E-state index contributed by atoms with van der Waals surface area (Å²) in [7, 11) is -3.67. The van der Waals surface area contributed by atoms with Crippen molar-refractivity contribution < 1.29 is 8.42 Å². The molecule has 3 nitrogen and oxygen atoms in total. The summed E-state index contributed by atoms with van der Waals surface area (Å²) in [5.41, 5.74) is 0.649. The van der Waals surface area contributed by atoms with Crippen LogP contribution in [0.3, 0.4) is 0 Å². The van der Waals surface area contributed by atoms with Gasteiger partial charge in [-0.1, -0.05) is 35.3 Å². The van der Waals surface area contributed by atoms with E-state index in [2.05, 4.69) is 0 Å². The Kier molecular flexibility index (Phi) is 4.10. The molecule has 110 valence electrons. The molecular formula is C14H11Cl2NO2S2. The number of hydrogen-bond donors (Lipinski definition) is 0. The van der Waals surface area contributed by atoms with Crippen LogP contribution in [-0.2, 0) is 10.0 Å². The predicted molar refractivity (Wildman–Crippen MR) is 88.2 cm³/mol. The van der Waals surface area contributed by atoms with Crippen LogP contribution in [0.1, 0.15) is 0 Å². The second kappa shape index (κ2) is 5.72. The number of anilines is 1. The van der Waals surface area contributed by atoms with Crippen molar-refractivity contribution >= 4 is 50.7 Å². The van der Waals surface area contributed by atoms with Gasteiger partial charge in [0.15, 0.2) is 0 Å². The lowest BCUT2D eigenvalue weighted by atomic mass is 10.3. The first-order valence-corrected chi connectivity index (χ1v) is 9.38. The first-order valence-electron chi connectivity index (χ1n) is 6.20. The van der Waals surface area contributed by atoms with E-state index in [0.717, 1.165) is 4.90 Å². The summed E-state index contributed by atoms with van der Waals surface area (Å²) in [6.45, 7) is 0.410. The lowest BCUT2D eigenvalue weighted by Gasteiger charge is -2.30. The van der Waals surface area contributed by atoms with Gasteiger partial charge in [-0.2, -0.15) is 0 Å². The number of thioether (sulfide) groups is 1. The zero-order chi connectivity index (χ0) is 15.0. The van der Waals surface area contributed by atoms with Crippen LogP contribution in [0.15, 0.2) is 52.3 Å². The van der Waals surface area contributed by atoms with Gasteiger partial charge in [0, 0.05) is 22.2 Å². The average Bonchev–Trinajstić information content (AvgIpc) is 2.46. The summed E-state index contributed by atoms with van der Waals surface area (Å²) in [6.07, 6.45) is 0. The molecule has 2 aromatic carbocycles. The molecule has 1 aliphatic rings. The Morgan fingerprint density at radius 2 is 1.86 bits per heavy atom. The van der Waals surface area contributed by atoms with Crippen molar-refractivity contribution in [3.8, 4) is 0 Å². The molecule has 3 rings (SSSR count). The fourth-order valence-electron chi connectivity index (χ4n) is 2.19. The van der Waals surface area contributed by atoms with Crippen molar-refractivity contribution in [3.63, 3.8) is 0 Å². The van der Waals surface area contributed by atoms with Crippen molar-refractivity contribution in [2.24, 2.45) is 0 Å². The number of nitrogens with zero attached hydrogens (tertiary/aromatic N) is 1. The average molecular weight is 360 g/mol. The molecule has 0 fully saturated rings. The highest BCUT2D eigenvalue weighted by Crippen LogP contribution is 2.39. The Balaban J connectivity index is 2.12. The van der Waals surface area contributed by atoms with Crippen LogP contribution in [0.4, 0.5) is 5.69 Å². The highest BCUT2D eigenvalue weighted by molar-refractivity contribution is 8.00. The predicted octanol–water partition coefficient (Wildman–Crippen LogP) is 4.29. The van der Waals surface area contributed by atoms with E-state index >= 15 is 0 Å². The lowest BCUT2D eigenvalue weighted by molar-refractivity contribution is 0.591. The van der Waals surface area contributed by atoms with Crippen molar-refractivity contribution in [2.45, 2.75) is 9.79 Å². The van der Waals surface area contributed by atoms with Crippen molar-refractivity contribution in [3.05, 3.63) is 52.5 Å². The van der Waals surface area contributed by atoms with Crippen LogP contribution in [0, 0.1) is 0 Å². The van der Waals surface area contributed by atoms with E-state index in [1.807, 2.05) is 0 Å². The topological polar surface area (TPSA) is 37.4 Å². The fourth-order valence-corrected chi connectivity index (χ4v) is 5.61. The van der Waals surface area contributed by atoms with E-state index in [0.29, 0.717) is 23.0 Å². The van der Waals surface area contributed by atoms with E-state index in [1.165, 1.54) is 10.4 Å². The molecule has 0 saturated carbocycles. The molecule has 2 aromatic rings. The van der Waals surface area contributed by atoms with Gasteiger partial charge < -0.3 is 0 Å². The third kappa shape index (κ3) is 2.75. The summed E-state index contributed by atoms with van der Waals surface area (Å²) >= 11 is 13.6. The molecule has 1 heterocycles. The van der Waals surface area contributed by atoms with Gasteiger partial charge in [-0.3, -0.25) is 4.31 Å². The van der Waals surface area contributed by atoms with E-state index in [1.54, 1.807) is 48.2 Å². The molecule has 1 aliphatic heterocycles. The second-order valence-electron chi connectivity index (χ2n) is 4.47. The van der Waals surface area contributed by atoms with Crippen LogP contribution in [0.25, 0.3) is 0 Å². The minimum absolute atomic E-state index is 0.125. The van der Waals surface area contributed by atoms with Gasteiger partial charge >= 0.3 is 0 Å². The van der Waals surface area contributed by atoms with Gasteiger partial charge in [0.25, 0.3) is 10.0 Å². The van der Waals surface area contributed by atoms with Gasteiger partial charge in [-0.25, -0.2) is 8.42 Å². The minimum Gasteiger partial charge on any atom is -0.264 e. The molecule has 0 unspecified atom stereocenters. The van der Waals surface area contributed by atoms with Crippen LogP contribution >= 0.6 is 35.0 Å². The zero-order valence-corrected chi connectivity index (χ0v) is 13.9. The Hall–Kier alpha value is -0.880. The number of fused-ring (bicyclic) bond motifs is 1. The number of benzene rings is 2. The van der Waals surface area contributed by atoms with Crippen molar-refractivity contribution in [1.29, 1.82) is 0 Å². The second-order valence-corrected chi connectivity index (χ2v) is 8.28. The van der Waals surface area contributed by atoms with Gasteiger partial charge in [0.1, 0.15) is 4.90 Å². The Labute approximate surface area is 137 Å². The summed E-state index contributed by atoms with van der Waals surface area (Å²) in [4.78, 5) is 0.990. The summed E-state index contributed by atoms with van der Waals surface area (Å²) < 4.78 is 27.1. The quantitative estimate of drug-likeness (QED) is 0.802. The third-order valence-corrected chi connectivity index (χ3v) is 6.72. The maximum Gasteiger partial charge on any atom is 0.265 e. The SMILES string of the molecule is O=S(=O)(c1ccccc1Cl)N1CCSc2cc(Cl)ccc21. The Morgan fingerprint density at radius 1 is 1.10 bits per heavy atom. The monoisotopic (exact) mass is 359 g/mol. The molecule has 0 aliphatic carbocycles. The van der Waals surface area contributed by atoms with Gasteiger partial charge in [-0.05, 0) is 30.3 Å². The van der Waals surface area contributed by atoms with Gasteiger partial charge in [0.2, 0.25) is 0 Å². The molecule has 0 spiro atoms. The van der Waals surface area contributed by atoms with Crippen LogP contribution in [-0.4, -0.2) is 20.7 Å². The summed E-state index contributed by atoms with van der Waals surface area (Å²) in [6, 6.07) is 11.7. The molecule has 0 aromatic heterocycles. The first-order chi connectivity index (χ1) is 10.00. The summed E-state index contributed by atoms with van der Waals surface area (Å²) in [5, 5.41) is 0.824. The van der Waals surface area contributed by atoms with Crippen LogP contribution in [0.5, 0.6) is 0 Å². The van der Waals surface area contributed by atoms with E-state index in [9.17, 15) is 8.42 Å². The minimum atomic E-state index is -3.67. The molecule has 0 amide bonds. The highest BCUT2D eigenvalue weighted by Gasteiger charge is 2.30. The lowest BCUT2D eigenvalue weighted by Crippen LogP contribution is -2.35. The number of sulfonamides is 1. The molecule has 0 N–H and O–H groups in total. The maximum absolute atomic E-state index is 12.9. The van der Waals surface area contributed by atoms with Crippen LogP contribution < -0.4 is 4.31 Å². The van der Waals surface area contributed by atoms with E-state index in [-0.39, 0.29) is 9.92 Å². The first kappa shape index (κ1) is 15.0. The van der Waals surface area contributed by atoms with Crippen molar-refractivity contribution in [2.75, 3.05) is 16.6 Å². The van der Waals surface area contributed by atoms with Crippen molar-refractivity contribution in [1.82, 2.24) is 0 Å². The molecule has 0 saturated heterocycles. The maximum atomic E-state index is 12.9. The molecule has 0 radical (unpaired) electrons. The van der Waals surface area contributed by atoms with E-state index < -0.39 is 10.0 Å². The number of rotatable bonds is 2. The smallest absolute Gasteiger partial charge is 0.264 e. The van der Waals surface area contributed by atoms with E-state index in [4.69, 9.17) is 23.2 Å². The van der Waals surface area contributed by atoms with Crippen LogP contribution in [0.2, 0.25) is 10.0 Å². The molecular weight excluding hydrogens is 349 g/mol. The van der Waals surface area contributed by atoms with Gasteiger partial charge in [0.05, 0.1) is 10.7 Å². The summed E-state index contributed by atoms with van der Waals surface area (Å²) in [5.74, 6) is 0.678. The van der Waals surface area contributed by atoms with Gasteiger partial charge in [-0.15, -0.1) is 11.8 Å². The molecule has 0 atom stereocenters. The Morgan fingerprint density at radius 3 is 2.62 bits per heavy atom. The molecule has 0 bridgehead atoms. The normalized spacial score (nSPS) is 14.9. The molecule has 21 heavy (non-hydrogen) atoms. The number of halogens is 2.